The lowest BCUT2D eigenvalue weighted by molar-refractivity contribution is 0.922. The zero-order valence-corrected chi connectivity index (χ0v) is 56.3. The van der Waals surface area contributed by atoms with Crippen molar-refractivity contribution < 1.29 is 0 Å². The Labute approximate surface area is 529 Å². The molecule has 0 nitrogen and oxygen atoms in total. The van der Waals surface area contributed by atoms with Crippen molar-refractivity contribution in [3.63, 3.8) is 0 Å². The van der Waals surface area contributed by atoms with E-state index in [1.165, 1.54) is 90.7 Å². The smallest absolute Gasteiger partial charge is 0.00297 e. The number of hydrogen-bond acceptors (Lipinski definition) is 0. The van der Waals surface area contributed by atoms with Crippen LogP contribution in [-0.2, 0) is 6.42 Å². The first-order valence-corrected chi connectivity index (χ1v) is 30.4. The highest BCUT2D eigenvalue weighted by molar-refractivity contribution is 5.80. The van der Waals surface area contributed by atoms with E-state index in [4.69, 9.17) is 0 Å². The number of allylic oxidation sites excluding steroid dienone is 15. The third kappa shape index (κ3) is 31.4. The molecule has 0 aliphatic heterocycles. The first kappa shape index (κ1) is 81.7. The molecule has 7 aromatic carbocycles. The van der Waals surface area contributed by atoms with Crippen molar-refractivity contribution in [3.05, 3.63) is 324 Å². The molecule has 0 heteroatoms. The molecule has 0 radical (unpaired) electrons. The van der Waals surface area contributed by atoms with Gasteiger partial charge in [-0.3, -0.25) is 0 Å². The average Bonchev–Trinajstić information content (AvgIpc) is 1.46. The molecule has 7 rings (SSSR count). The summed E-state index contributed by atoms with van der Waals surface area (Å²) in [4.78, 5) is 0. The molecule has 0 amide bonds. The van der Waals surface area contributed by atoms with Crippen LogP contribution in [0.25, 0.3) is 44.5 Å². The van der Waals surface area contributed by atoms with Gasteiger partial charge >= 0.3 is 0 Å². The summed E-state index contributed by atoms with van der Waals surface area (Å²) >= 11 is 0. The number of benzene rings is 7. The van der Waals surface area contributed by atoms with Crippen molar-refractivity contribution in [1.29, 1.82) is 0 Å². The molecule has 0 N–H and O–H groups in total. The Morgan fingerprint density at radius 3 is 1.34 bits per heavy atom. The summed E-state index contributed by atoms with van der Waals surface area (Å²) in [5.41, 5.74) is 26.0. The summed E-state index contributed by atoms with van der Waals surface area (Å²) < 4.78 is 0. The van der Waals surface area contributed by atoms with Gasteiger partial charge in [0, 0.05) is 0 Å². The molecule has 0 aromatic heterocycles. The summed E-state index contributed by atoms with van der Waals surface area (Å²) in [5.74, 6) is 2.25. The fourth-order valence-corrected chi connectivity index (χ4v) is 8.23. The Balaban J connectivity index is -0.00000105. The minimum Gasteiger partial charge on any atom is -0.120 e. The van der Waals surface area contributed by atoms with Crippen LogP contribution in [0.2, 0.25) is 0 Å². The van der Waals surface area contributed by atoms with Crippen LogP contribution in [0, 0.1) is 47.0 Å². The predicted octanol–water partition coefficient (Wildman–Crippen LogP) is 26.9. The second kappa shape index (κ2) is 49.9. The number of hydrogen-bond donors (Lipinski definition) is 0. The fourth-order valence-electron chi connectivity index (χ4n) is 8.23. The highest BCUT2D eigenvalue weighted by atomic mass is 14.2. The summed E-state index contributed by atoms with van der Waals surface area (Å²) in [7, 11) is 0. The fraction of sp³-hybridized carbons (Fsp3) is 0.256. The third-order valence-electron chi connectivity index (χ3n) is 12.7. The molecule has 0 atom stereocenters. The van der Waals surface area contributed by atoms with Crippen LogP contribution < -0.4 is 0 Å². The van der Waals surface area contributed by atoms with Gasteiger partial charge in [0.05, 0.1) is 0 Å². The van der Waals surface area contributed by atoms with Crippen molar-refractivity contribution in [3.8, 4) is 45.7 Å². The zero-order chi connectivity index (χ0) is 64.7. The molecule has 0 aliphatic rings. The van der Waals surface area contributed by atoms with Gasteiger partial charge in [0.2, 0.25) is 0 Å². The van der Waals surface area contributed by atoms with Crippen LogP contribution in [0.3, 0.4) is 0 Å². The minimum absolute atomic E-state index is 0. The largest absolute Gasteiger partial charge is 0.120 e. The molecule has 86 heavy (non-hydrogen) atoms. The van der Waals surface area contributed by atoms with E-state index < -0.39 is 0 Å². The summed E-state index contributed by atoms with van der Waals surface area (Å²) in [6.45, 7) is 58.3. The van der Waals surface area contributed by atoms with Gasteiger partial charge in [-0.25, -0.2) is 0 Å². The maximum Gasteiger partial charge on any atom is -0.00297 e. The Kier molecular flexibility index (Phi) is 47.4. The highest BCUT2D eigenvalue weighted by Gasteiger charge is 2.12. The van der Waals surface area contributed by atoms with Crippen LogP contribution in [0.5, 0.6) is 0 Å². The maximum absolute atomic E-state index is 4.60. The zero-order valence-electron chi connectivity index (χ0n) is 56.3. The molecule has 0 spiro atoms. The first-order valence-electron chi connectivity index (χ1n) is 30.4. The standard InChI is InChI=1S/C28H32.C22H22.C13H12.C9H12.C4H8.C3H4.3C2H6.CH4/c1-9-13-14-22(7)23(8)19-24(10-2)25(11-3)20-26(12-4)28-17-15-27(16-18-28)21(5)6;1-15-9-5-7-11-19(15)21-13-14-22(18(4)17(21)3)20-12-8-6-10-16(20)2;1-11-6-5-9-13(10-11)12-7-3-2-4-8-12;1-2-6-9-7-4-3-5-8-9;1-4(2)3;1-3-2;3*1-2;/h9-20H,1,3,5,7H2,2,4,6,8H3;5-14H,1-4H3;2-10H,1H3;3-5,7-8H,2,6H2,1H3;1H2,2-3H3;1H,2H3;3*1-2H3;1H4/b14-13-,23-19+,24-10+,25-20+,26-12+;;;;;;;;;. The van der Waals surface area contributed by atoms with Crippen molar-refractivity contribution in [2.24, 2.45) is 0 Å². The quantitative estimate of drug-likeness (QED) is 0.0578. The SMILES string of the molecule is C.C#CC.C=C(C)C.C=C/C=C\C(=C)/C(C)=C/C(=C\C)C(/C=C)=C/C(=C\C)c1ccc(C(=C)C)cc1.CC.CC.CC.CCCc1ccccc1.Cc1cccc(-c2ccccc2)c1.Cc1ccccc1-c1ccc(-c2ccccc2C)c(C)c1C. The minimum atomic E-state index is 0. The van der Waals surface area contributed by atoms with Crippen LogP contribution >= 0.6 is 0 Å². The van der Waals surface area contributed by atoms with E-state index in [1.54, 1.807) is 13.0 Å². The Hall–Kier alpha value is -8.50. The van der Waals surface area contributed by atoms with E-state index in [1.807, 2.05) is 93.5 Å². The molecular formula is C86H112. The van der Waals surface area contributed by atoms with E-state index in [-0.39, 0.29) is 7.43 Å². The van der Waals surface area contributed by atoms with Gasteiger partial charge in [-0.15, -0.1) is 18.9 Å². The maximum atomic E-state index is 4.60. The van der Waals surface area contributed by atoms with Gasteiger partial charge in [-0.05, 0) is 196 Å². The summed E-state index contributed by atoms with van der Waals surface area (Å²) in [6.07, 6.45) is 23.1. The molecule has 0 heterocycles. The van der Waals surface area contributed by atoms with Crippen LogP contribution in [0.1, 0.15) is 155 Å². The van der Waals surface area contributed by atoms with E-state index >= 15 is 0 Å². The average molecular weight is 1150 g/mol. The number of aryl methyl sites for hydroxylation is 4. The molecule has 0 saturated carbocycles. The van der Waals surface area contributed by atoms with Crippen molar-refractivity contribution in [2.75, 3.05) is 0 Å². The van der Waals surface area contributed by atoms with Crippen LogP contribution in [0.15, 0.2) is 279 Å². The molecule has 0 fully saturated rings. The van der Waals surface area contributed by atoms with E-state index in [9.17, 15) is 0 Å². The molecule has 456 valence electrons. The van der Waals surface area contributed by atoms with E-state index in [0.29, 0.717) is 0 Å². The first-order chi connectivity index (χ1) is 40.9. The van der Waals surface area contributed by atoms with Crippen molar-refractivity contribution in [1.82, 2.24) is 0 Å². The molecule has 0 unspecified atom stereocenters. The van der Waals surface area contributed by atoms with Gasteiger partial charge in [-0.2, -0.15) is 0 Å². The molecule has 0 bridgehead atoms. The lowest BCUT2D eigenvalue weighted by Crippen LogP contribution is -1.94. The van der Waals surface area contributed by atoms with E-state index in [0.717, 1.165) is 39.0 Å². The van der Waals surface area contributed by atoms with Gasteiger partial charge in [0.25, 0.3) is 0 Å². The lowest BCUT2D eigenvalue weighted by atomic mass is 9.88. The van der Waals surface area contributed by atoms with Gasteiger partial charge < -0.3 is 0 Å². The normalized spacial score (nSPS) is 10.3. The van der Waals surface area contributed by atoms with Gasteiger partial charge in [0.1, 0.15) is 0 Å². The Morgan fingerprint density at radius 2 is 0.942 bits per heavy atom. The second-order valence-corrected chi connectivity index (χ2v) is 19.6. The molecule has 0 saturated heterocycles. The summed E-state index contributed by atoms with van der Waals surface area (Å²) in [6, 6.07) is 59.8. The molecule has 0 aliphatic carbocycles. The van der Waals surface area contributed by atoms with Gasteiger partial charge in [-0.1, -0.05) is 318 Å². The third-order valence-corrected chi connectivity index (χ3v) is 12.7. The predicted molar refractivity (Wildman–Crippen MR) is 398 cm³/mol. The second-order valence-electron chi connectivity index (χ2n) is 19.6. The van der Waals surface area contributed by atoms with Gasteiger partial charge in [0.15, 0.2) is 0 Å². The highest BCUT2D eigenvalue weighted by Crippen LogP contribution is 2.35. The Bertz CT molecular complexity index is 3160. The van der Waals surface area contributed by atoms with Crippen molar-refractivity contribution >= 4 is 11.1 Å². The van der Waals surface area contributed by atoms with E-state index in [2.05, 4.69) is 289 Å². The van der Waals surface area contributed by atoms with Crippen LogP contribution in [-0.4, -0.2) is 0 Å². The monoisotopic (exact) mass is 1140 g/mol. The van der Waals surface area contributed by atoms with Crippen molar-refractivity contribution in [2.45, 2.75) is 152 Å². The van der Waals surface area contributed by atoms with Crippen LogP contribution in [0.4, 0.5) is 0 Å². The molecule has 7 aromatic rings. The topological polar surface area (TPSA) is 0 Å². The summed E-state index contributed by atoms with van der Waals surface area (Å²) in [5, 5.41) is 0. The lowest BCUT2D eigenvalue weighted by Gasteiger charge is -2.16. The number of rotatable bonds is 14. The molecular weight excluding hydrogens is 1030 g/mol. The number of terminal acetylenes is 1. The Morgan fingerprint density at radius 1 is 0.512 bits per heavy atom.